The van der Waals surface area contributed by atoms with Crippen molar-refractivity contribution >= 4 is 15.9 Å². The van der Waals surface area contributed by atoms with Crippen LogP contribution in [0.4, 0.5) is 4.39 Å². The monoisotopic (exact) mass is 317 g/mol. The molecule has 0 spiro atoms. The molecule has 6 nitrogen and oxygen atoms in total. The molecule has 8 heteroatoms. The fraction of sp³-hybridized carbons (Fsp3) is 0.462. The molecule has 0 aliphatic carbocycles. The van der Waals surface area contributed by atoms with Gasteiger partial charge in [-0.05, 0) is 38.4 Å². The van der Waals surface area contributed by atoms with Crippen LogP contribution in [-0.2, 0) is 10.0 Å². The Hall–Kier alpha value is -1.51. The van der Waals surface area contributed by atoms with Crippen LogP contribution in [0.3, 0.4) is 0 Å². The SMILES string of the molecule is CN(C)CCNS(=O)(=O)CCNC(=O)c1ccc(F)cc1. The summed E-state index contributed by atoms with van der Waals surface area (Å²) < 4.78 is 38.4. The van der Waals surface area contributed by atoms with Crippen molar-refractivity contribution in [2.75, 3.05) is 39.5 Å². The highest BCUT2D eigenvalue weighted by Crippen LogP contribution is 2.02. The molecule has 118 valence electrons. The Morgan fingerprint density at radius 3 is 2.38 bits per heavy atom. The van der Waals surface area contributed by atoms with Crippen LogP contribution in [0, 0.1) is 5.82 Å². The molecular weight excluding hydrogens is 297 g/mol. The summed E-state index contributed by atoms with van der Waals surface area (Å²) in [6.45, 7) is 0.913. The van der Waals surface area contributed by atoms with Crippen molar-refractivity contribution in [2.24, 2.45) is 0 Å². The fourth-order valence-corrected chi connectivity index (χ4v) is 2.42. The number of carbonyl (C=O) groups excluding carboxylic acids is 1. The normalized spacial score (nSPS) is 11.6. The molecule has 1 amide bonds. The first-order valence-corrected chi connectivity index (χ1v) is 8.11. The van der Waals surface area contributed by atoms with Gasteiger partial charge >= 0.3 is 0 Å². The summed E-state index contributed by atoms with van der Waals surface area (Å²) in [5.74, 6) is -1.06. The van der Waals surface area contributed by atoms with E-state index < -0.39 is 21.7 Å². The van der Waals surface area contributed by atoms with Gasteiger partial charge in [0.15, 0.2) is 0 Å². The van der Waals surface area contributed by atoms with Crippen molar-refractivity contribution in [1.82, 2.24) is 14.9 Å². The first-order chi connectivity index (χ1) is 9.80. The third-order valence-electron chi connectivity index (χ3n) is 2.64. The Morgan fingerprint density at radius 1 is 1.19 bits per heavy atom. The van der Waals surface area contributed by atoms with Gasteiger partial charge in [-0.3, -0.25) is 4.79 Å². The molecule has 0 atom stereocenters. The summed E-state index contributed by atoms with van der Waals surface area (Å²) >= 11 is 0. The lowest BCUT2D eigenvalue weighted by Gasteiger charge is -2.11. The van der Waals surface area contributed by atoms with Crippen molar-refractivity contribution in [3.05, 3.63) is 35.6 Å². The van der Waals surface area contributed by atoms with E-state index in [-0.39, 0.29) is 17.9 Å². The number of nitrogens with zero attached hydrogens (tertiary/aromatic N) is 1. The molecule has 0 aliphatic heterocycles. The van der Waals surface area contributed by atoms with Crippen molar-refractivity contribution in [2.45, 2.75) is 0 Å². The summed E-state index contributed by atoms with van der Waals surface area (Å²) in [5.41, 5.74) is 0.286. The first-order valence-electron chi connectivity index (χ1n) is 6.46. The second kappa shape index (κ2) is 8.06. The molecule has 0 aromatic heterocycles. The molecule has 0 saturated heterocycles. The van der Waals surface area contributed by atoms with Gasteiger partial charge in [0.2, 0.25) is 10.0 Å². The molecule has 0 saturated carbocycles. The molecule has 2 N–H and O–H groups in total. The highest BCUT2D eigenvalue weighted by atomic mass is 32.2. The number of nitrogens with one attached hydrogen (secondary N) is 2. The Kier molecular flexibility index (Phi) is 6.73. The summed E-state index contributed by atoms with van der Waals surface area (Å²) in [6.07, 6.45) is 0. The highest BCUT2D eigenvalue weighted by Gasteiger charge is 2.11. The number of likely N-dealkylation sites (N-methyl/N-ethyl adjacent to an activating group) is 1. The summed E-state index contributed by atoms with van der Waals surface area (Å²) in [7, 11) is 0.276. The molecule has 0 radical (unpaired) electrons. The number of amides is 1. The predicted molar refractivity (Wildman–Crippen MR) is 79.1 cm³/mol. The maximum atomic E-state index is 12.7. The van der Waals surface area contributed by atoms with Gasteiger partial charge in [0.1, 0.15) is 5.82 Å². The lowest BCUT2D eigenvalue weighted by molar-refractivity contribution is 0.0956. The van der Waals surface area contributed by atoms with E-state index in [0.29, 0.717) is 13.1 Å². The van der Waals surface area contributed by atoms with Gasteiger partial charge < -0.3 is 10.2 Å². The number of halogens is 1. The standard InChI is InChI=1S/C13H20FN3O3S/c1-17(2)9-7-16-21(19,20)10-8-15-13(18)11-3-5-12(14)6-4-11/h3-6,16H,7-10H2,1-2H3,(H,15,18). The summed E-state index contributed by atoms with van der Waals surface area (Å²) in [6, 6.07) is 5.03. The maximum Gasteiger partial charge on any atom is 0.251 e. The van der Waals surface area contributed by atoms with Crippen molar-refractivity contribution in [3.8, 4) is 0 Å². The van der Waals surface area contributed by atoms with Gasteiger partial charge in [-0.25, -0.2) is 17.5 Å². The molecule has 0 bridgehead atoms. The third kappa shape index (κ3) is 7.16. The Balaban J connectivity index is 2.35. The van der Waals surface area contributed by atoms with E-state index >= 15 is 0 Å². The van der Waals surface area contributed by atoms with Crippen molar-refractivity contribution < 1.29 is 17.6 Å². The minimum Gasteiger partial charge on any atom is -0.351 e. The number of hydrogen-bond acceptors (Lipinski definition) is 4. The molecule has 0 fully saturated rings. The van der Waals surface area contributed by atoms with E-state index in [2.05, 4.69) is 10.0 Å². The molecule has 1 aromatic carbocycles. The fourth-order valence-electron chi connectivity index (χ4n) is 1.50. The number of sulfonamides is 1. The smallest absolute Gasteiger partial charge is 0.251 e. The van der Waals surface area contributed by atoms with Crippen LogP contribution >= 0.6 is 0 Å². The Morgan fingerprint density at radius 2 is 1.81 bits per heavy atom. The molecule has 0 heterocycles. The number of rotatable bonds is 8. The Bertz CT molecular complexity index is 559. The van der Waals surface area contributed by atoms with Crippen LogP contribution in [0.2, 0.25) is 0 Å². The Labute approximate surface area is 124 Å². The van der Waals surface area contributed by atoms with E-state index in [4.69, 9.17) is 0 Å². The quantitative estimate of drug-likeness (QED) is 0.709. The van der Waals surface area contributed by atoms with Gasteiger partial charge in [-0.15, -0.1) is 0 Å². The van der Waals surface area contributed by atoms with Gasteiger partial charge in [-0.1, -0.05) is 0 Å². The number of carbonyl (C=O) groups is 1. The van der Waals surface area contributed by atoms with E-state index in [9.17, 15) is 17.6 Å². The van der Waals surface area contributed by atoms with Crippen molar-refractivity contribution in [3.63, 3.8) is 0 Å². The van der Waals surface area contributed by atoms with Gasteiger partial charge in [0.05, 0.1) is 5.75 Å². The predicted octanol–water partition coefficient (Wildman–Crippen LogP) is 0.0365. The van der Waals surface area contributed by atoms with Crippen LogP contribution in [-0.4, -0.2) is 58.7 Å². The van der Waals surface area contributed by atoms with E-state index in [1.165, 1.54) is 24.3 Å². The van der Waals surface area contributed by atoms with E-state index in [1.54, 1.807) is 0 Å². The second-order valence-corrected chi connectivity index (χ2v) is 6.71. The lowest BCUT2D eigenvalue weighted by Crippen LogP contribution is -2.37. The topological polar surface area (TPSA) is 78.5 Å². The van der Waals surface area contributed by atoms with Crippen LogP contribution < -0.4 is 10.0 Å². The zero-order valence-corrected chi connectivity index (χ0v) is 12.9. The minimum atomic E-state index is -3.41. The molecular formula is C13H20FN3O3S. The molecule has 0 aliphatic rings. The average molecular weight is 317 g/mol. The van der Waals surface area contributed by atoms with Crippen LogP contribution in [0.1, 0.15) is 10.4 Å². The van der Waals surface area contributed by atoms with Crippen LogP contribution in [0.15, 0.2) is 24.3 Å². The van der Waals surface area contributed by atoms with E-state index in [0.717, 1.165) is 0 Å². The van der Waals surface area contributed by atoms with Crippen LogP contribution in [0.25, 0.3) is 0 Å². The lowest BCUT2D eigenvalue weighted by atomic mass is 10.2. The van der Waals surface area contributed by atoms with Gasteiger partial charge in [0, 0.05) is 25.2 Å². The third-order valence-corrected chi connectivity index (χ3v) is 4.03. The zero-order chi connectivity index (χ0) is 15.9. The zero-order valence-electron chi connectivity index (χ0n) is 12.1. The largest absolute Gasteiger partial charge is 0.351 e. The van der Waals surface area contributed by atoms with Crippen molar-refractivity contribution in [1.29, 1.82) is 0 Å². The molecule has 0 unspecified atom stereocenters. The number of hydrogen-bond donors (Lipinski definition) is 2. The minimum absolute atomic E-state index is 0.00644. The average Bonchev–Trinajstić information content (AvgIpc) is 2.38. The molecule has 1 aromatic rings. The second-order valence-electron chi connectivity index (χ2n) is 4.78. The first kappa shape index (κ1) is 17.5. The van der Waals surface area contributed by atoms with Crippen LogP contribution in [0.5, 0.6) is 0 Å². The van der Waals surface area contributed by atoms with E-state index in [1.807, 2.05) is 19.0 Å². The highest BCUT2D eigenvalue weighted by molar-refractivity contribution is 7.89. The van der Waals surface area contributed by atoms with Gasteiger partial charge in [-0.2, -0.15) is 0 Å². The molecule has 1 rings (SSSR count). The summed E-state index contributed by atoms with van der Waals surface area (Å²) in [4.78, 5) is 13.5. The molecule has 21 heavy (non-hydrogen) atoms. The number of benzene rings is 1. The van der Waals surface area contributed by atoms with Gasteiger partial charge in [0.25, 0.3) is 5.91 Å². The maximum absolute atomic E-state index is 12.7. The summed E-state index contributed by atoms with van der Waals surface area (Å²) in [5, 5.41) is 2.48.